The molecule has 0 bridgehead atoms. The molecule has 0 radical (unpaired) electrons. The first-order chi connectivity index (χ1) is 21.3. The maximum absolute atomic E-state index is 6.05. The van der Waals surface area contributed by atoms with Crippen LogP contribution in [0.5, 0.6) is 0 Å². The van der Waals surface area contributed by atoms with Crippen molar-refractivity contribution in [2.24, 2.45) is 0 Å². The lowest BCUT2D eigenvalue weighted by Gasteiger charge is -2.25. The van der Waals surface area contributed by atoms with Crippen LogP contribution in [0.2, 0.25) is 0 Å². The van der Waals surface area contributed by atoms with Crippen molar-refractivity contribution in [3.8, 4) is 11.1 Å². The van der Waals surface area contributed by atoms with Gasteiger partial charge in [-0.05, 0) is 64.4 Å². The van der Waals surface area contributed by atoms with Crippen LogP contribution in [0.1, 0.15) is 0 Å². The van der Waals surface area contributed by atoms with E-state index in [2.05, 4.69) is 89.8 Å². The maximum Gasteiger partial charge on any atom is 0.227 e. The number of para-hydroxylation sites is 2. The molecule has 0 aliphatic heterocycles. The molecule has 0 spiro atoms. The minimum atomic E-state index is 0.616. The largest absolute Gasteiger partial charge is 0.438 e. The first-order valence-corrected chi connectivity index (χ1v) is 14.2. The molecule has 0 saturated carbocycles. The second-order valence-electron chi connectivity index (χ2n) is 10.7. The van der Waals surface area contributed by atoms with E-state index in [1.54, 1.807) is 0 Å². The van der Waals surface area contributed by atoms with Crippen molar-refractivity contribution in [1.82, 2.24) is 9.97 Å². The Morgan fingerprint density at radius 2 is 1.00 bits per heavy atom. The molecule has 0 fully saturated rings. The molecule has 43 heavy (non-hydrogen) atoms. The standard InChI is InChI=1S/C38H23N3O2/c1-2-8-24(9-3-1)26-15-14-25-16-17-28(19-27(25)18-26)41(29-20-33-31-10-4-6-12-35(31)42-37(33)39-22-29)30-21-34-32-11-5-7-13-36(32)43-38(34)40-23-30/h1-23H. The molecule has 5 aromatic carbocycles. The summed E-state index contributed by atoms with van der Waals surface area (Å²) < 4.78 is 12.1. The molecule has 0 aliphatic rings. The summed E-state index contributed by atoms with van der Waals surface area (Å²) in [7, 11) is 0. The van der Waals surface area contributed by atoms with E-state index in [-0.39, 0.29) is 0 Å². The Bertz CT molecular complexity index is 2360. The first-order valence-electron chi connectivity index (χ1n) is 14.2. The van der Waals surface area contributed by atoms with Gasteiger partial charge in [-0.2, -0.15) is 0 Å². The highest BCUT2D eigenvalue weighted by molar-refractivity contribution is 6.07. The van der Waals surface area contributed by atoms with Crippen LogP contribution >= 0.6 is 0 Å². The molecule has 0 aliphatic carbocycles. The lowest BCUT2D eigenvalue weighted by molar-refractivity contribution is 0.654. The van der Waals surface area contributed by atoms with Crippen LogP contribution in [0, 0.1) is 0 Å². The molecular weight excluding hydrogens is 530 g/mol. The Labute approximate surface area is 246 Å². The van der Waals surface area contributed by atoms with Gasteiger partial charge >= 0.3 is 0 Å². The number of benzene rings is 5. The summed E-state index contributed by atoms with van der Waals surface area (Å²) >= 11 is 0. The number of hydrogen-bond acceptors (Lipinski definition) is 5. The minimum Gasteiger partial charge on any atom is -0.438 e. The summed E-state index contributed by atoms with van der Waals surface area (Å²) in [5.74, 6) is 0. The van der Waals surface area contributed by atoms with E-state index in [0.717, 1.165) is 55.2 Å². The Morgan fingerprint density at radius 1 is 0.419 bits per heavy atom. The second-order valence-corrected chi connectivity index (χ2v) is 10.7. The average molecular weight is 554 g/mol. The van der Waals surface area contributed by atoms with E-state index in [9.17, 15) is 0 Å². The zero-order valence-electron chi connectivity index (χ0n) is 22.9. The fourth-order valence-electron chi connectivity index (χ4n) is 6.07. The van der Waals surface area contributed by atoms with Gasteiger partial charge < -0.3 is 13.7 Å². The monoisotopic (exact) mass is 553 g/mol. The fourth-order valence-corrected chi connectivity index (χ4v) is 6.07. The predicted octanol–water partition coefficient (Wildman–Crippen LogP) is 10.6. The topological polar surface area (TPSA) is 55.3 Å². The third-order valence-corrected chi connectivity index (χ3v) is 8.15. The summed E-state index contributed by atoms with van der Waals surface area (Å²) in [6.07, 6.45) is 3.74. The van der Waals surface area contributed by atoms with Gasteiger partial charge in [-0.25, -0.2) is 9.97 Å². The maximum atomic E-state index is 6.05. The number of pyridine rings is 2. The predicted molar refractivity (Wildman–Crippen MR) is 174 cm³/mol. The van der Waals surface area contributed by atoms with Crippen molar-refractivity contribution < 1.29 is 8.83 Å². The summed E-state index contributed by atoms with van der Waals surface area (Å²) in [5, 5.41) is 6.32. The molecular formula is C38H23N3O2. The molecule has 5 heteroatoms. The van der Waals surface area contributed by atoms with E-state index in [0.29, 0.717) is 11.4 Å². The van der Waals surface area contributed by atoms with Gasteiger partial charge in [0.1, 0.15) is 11.2 Å². The van der Waals surface area contributed by atoms with Gasteiger partial charge in [0.15, 0.2) is 0 Å². The average Bonchev–Trinajstić information content (AvgIpc) is 3.63. The van der Waals surface area contributed by atoms with E-state index in [1.807, 2.05) is 54.9 Å². The zero-order valence-corrected chi connectivity index (χ0v) is 22.9. The van der Waals surface area contributed by atoms with Crippen LogP contribution in [0.4, 0.5) is 17.1 Å². The van der Waals surface area contributed by atoms with Crippen molar-refractivity contribution in [3.05, 3.63) is 140 Å². The highest BCUT2D eigenvalue weighted by atomic mass is 16.3. The van der Waals surface area contributed by atoms with Crippen LogP contribution < -0.4 is 4.90 Å². The van der Waals surface area contributed by atoms with Crippen LogP contribution in [0.15, 0.2) is 149 Å². The molecule has 202 valence electrons. The van der Waals surface area contributed by atoms with Gasteiger partial charge in [-0.15, -0.1) is 0 Å². The van der Waals surface area contributed by atoms with Crippen molar-refractivity contribution in [2.75, 3.05) is 4.90 Å². The van der Waals surface area contributed by atoms with Crippen LogP contribution in [-0.4, -0.2) is 9.97 Å². The van der Waals surface area contributed by atoms with Gasteiger partial charge in [0.25, 0.3) is 0 Å². The SMILES string of the molecule is c1ccc(-c2ccc3ccc(N(c4cnc5oc6ccccc6c5c4)c4cnc5oc6ccccc6c5c4)cc3c2)cc1. The Hall–Kier alpha value is -5.94. The number of fused-ring (bicyclic) bond motifs is 7. The van der Waals surface area contributed by atoms with Crippen LogP contribution in [-0.2, 0) is 0 Å². The van der Waals surface area contributed by atoms with Crippen LogP contribution in [0.25, 0.3) is 66.0 Å². The Kier molecular flexibility index (Phi) is 5.13. The van der Waals surface area contributed by atoms with Crippen molar-refractivity contribution in [3.63, 3.8) is 0 Å². The molecule has 9 rings (SSSR count). The van der Waals surface area contributed by atoms with Crippen molar-refractivity contribution in [2.45, 2.75) is 0 Å². The number of aromatic nitrogens is 2. The molecule has 0 atom stereocenters. The number of hydrogen-bond donors (Lipinski definition) is 0. The normalized spacial score (nSPS) is 11.7. The lowest BCUT2D eigenvalue weighted by atomic mass is 10.0. The molecule has 0 amide bonds. The third-order valence-electron chi connectivity index (χ3n) is 8.15. The van der Waals surface area contributed by atoms with E-state index in [1.165, 1.54) is 16.5 Å². The highest BCUT2D eigenvalue weighted by Crippen LogP contribution is 2.40. The van der Waals surface area contributed by atoms with Crippen molar-refractivity contribution in [1.29, 1.82) is 0 Å². The lowest BCUT2D eigenvalue weighted by Crippen LogP contribution is -2.10. The first kappa shape index (κ1) is 23.7. The molecule has 0 N–H and O–H groups in total. The van der Waals surface area contributed by atoms with E-state index in [4.69, 9.17) is 18.8 Å². The second kappa shape index (κ2) is 9.29. The molecule has 0 saturated heterocycles. The minimum absolute atomic E-state index is 0.616. The Balaban J connectivity index is 1.27. The summed E-state index contributed by atoms with van der Waals surface area (Å²) in [6.45, 7) is 0. The molecule has 9 aromatic rings. The number of anilines is 3. The van der Waals surface area contributed by atoms with Gasteiger partial charge in [-0.1, -0.05) is 84.9 Å². The Morgan fingerprint density at radius 3 is 1.65 bits per heavy atom. The van der Waals surface area contributed by atoms with Gasteiger partial charge in [0.05, 0.1) is 34.5 Å². The zero-order chi connectivity index (χ0) is 28.3. The summed E-state index contributed by atoms with van der Waals surface area (Å²) in [5.41, 5.74) is 8.06. The fraction of sp³-hybridized carbons (Fsp3) is 0. The molecule has 4 aromatic heterocycles. The van der Waals surface area contributed by atoms with Crippen LogP contribution in [0.3, 0.4) is 0 Å². The highest BCUT2D eigenvalue weighted by Gasteiger charge is 2.19. The van der Waals surface area contributed by atoms with Crippen molar-refractivity contribution >= 4 is 72.0 Å². The van der Waals surface area contributed by atoms with Gasteiger partial charge in [0.2, 0.25) is 11.4 Å². The van der Waals surface area contributed by atoms with Gasteiger partial charge in [-0.3, -0.25) is 0 Å². The molecule has 4 heterocycles. The van der Waals surface area contributed by atoms with Gasteiger partial charge in [0, 0.05) is 16.5 Å². The summed E-state index contributed by atoms with van der Waals surface area (Å²) in [4.78, 5) is 11.7. The van der Waals surface area contributed by atoms with E-state index >= 15 is 0 Å². The quantitative estimate of drug-likeness (QED) is 0.217. The number of nitrogens with zero attached hydrogens (tertiary/aromatic N) is 3. The third kappa shape index (κ3) is 3.86. The smallest absolute Gasteiger partial charge is 0.227 e. The number of rotatable bonds is 4. The molecule has 0 unspecified atom stereocenters. The number of furan rings is 2. The molecule has 5 nitrogen and oxygen atoms in total. The van der Waals surface area contributed by atoms with E-state index < -0.39 is 0 Å². The summed E-state index contributed by atoms with van der Waals surface area (Å²) in [6, 6.07) is 44.1.